The monoisotopic (exact) mass is 445 g/mol. The van der Waals surface area contributed by atoms with Gasteiger partial charge in [0.25, 0.3) is 0 Å². The second-order valence-electron chi connectivity index (χ2n) is 7.92. The predicted octanol–water partition coefficient (Wildman–Crippen LogP) is 5.74. The van der Waals surface area contributed by atoms with E-state index in [0.29, 0.717) is 0 Å². The van der Waals surface area contributed by atoms with Crippen LogP contribution in [0, 0.1) is 0 Å². The normalized spacial score (nSPS) is 28.0. The third kappa shape index (κ3) is 1.75. The number of hydrogen-bond acceptors (Lipinski definition) is 4. The van der Waals surface area contributed by atoms with Gasteiger partial charge in [-0.3, -0.25) is 4.79 Å². The number of nitrogens with zero attached hydrogens (tertiary/aromatic N) is 1. The van der Waals surface area contributed by atoms with Crippen molar-refractivity contribution in [2.24, 2.45) is 0 Å². The van der Waals surface area contributed by atoms with Gasteiger partial charge in [0.05, 0.1) is 0 Å². The van der Waals surface area contributed by atoms with Gasteiger partial charge in [0.2, 0.25) is 5.91 Å². The smallest absolute Gasteiger partial charge is 0.232 e. The minimum absolute atomic E-state index is 0.143. The largest absolute Gasteiger partial charge is 0.274 e. The molecule has 3 atom stereocenters. The lowest BCUT2D eigenvalue weighted by atomic mass is 9.93. The number of benzene rings is 4. The van der Waals surface area contributed by atoms with Gasteiger partial charge in [0, 0.05) is 27.8 Å². The fourth-order valence-electron chi connectivity index (χ4n) is 5.13. The van der Waals surface area contributed by atoms with Gasteiger partial charge in [-0.2, -0.15) is 0 Å². The maximum Gasteiger partial charge on any atom is 0.232 e. The fraction of sp³-hybridized carbons (Fsp3) is 0.125. The number of amides is 1. The third-order valence-electron chi connectivity index (χ3n) is 6.36. The maximum absolute atomic E-state index is 13.7. The third-order valence-corrected chi connectivity index (χ3v) is 12.2. The van der Waals surface area contributed by atoms with E-state index in [2.05, 4.69) is 48.5 Å². The summed E-state index contributed by atoms with van der Waals surface area (Å²) in [6.45, 7) is 1.53. The topological polar surface area (TPSA) is 37.4 Å². The molecule has 3 unspecified atom stereocenters. The Morgan fingerprint density at radius 2 is 1.30 bits per heavy atom. The van der Waals surface area contributed by atoms with Crippen molar-refractivity contribution in [3.05, 3.63) is 83.9 Å². The van der Waals surface area contributed by atoms with E-state index in [0.717, 1.165) is 31.7 Å². The van der Waals surface area contributed by atoms with E-state index in [-0.39, 0.29) is 5.91 Å². The van der Waals surface area contributed by atoms with E-state index in [1.54, 1.807) is 27.8 Å². The molecular formula is C24H15NO2S3. The molecular weight excluding hydrogens is 430 g/mol. The molecule has 30 heavy (non-hydrogen) atoms. The number of hydrogen-bond donors (Lipinski definition) is 0. The Hall–Kier alpha value is -2.28. The molecule has 7 rings (SSSR count). The molecule has 0 radical (unpaired) electrons. The van der Waals surface area contributed by atoms with Crippen LogP contribution in [0.15, 0.2) is 82.6 Å². The average Bonchev–Trinajstić information content (AvgIpc) is 3.10. The summed E-state index contributed by atoms with van der Waals surface area (Å²) in [7, 11) is -1.44. The summed E-state index contributed by atoms with van der Waals surface area (Å²) < 4.78 is 14.7. The quantitative estimate of drug-likeness (QED) is 0.346. The summed E-state index contributed by atoms with van der Waals surface area (Å²) in [5.74, 6) is -0.143. The van der Waals surface area contributed by atoms with E-state index >= 15 is 0 Å². The summed E-state index contributed by atoms with van der Waals surface area (Å²) in [6.07, 6.45) is 0. The lowest BCUT2D eigenvalue weighted by molar-refractivity contribution is -0.128. The second-order valence-corrected chi connectivity index (χ2v) is 12.1. The van der Waals surface area contributed by atoms with E-state index in [4.69, 9.17) is 0 Å². The number of rotatable bonds is 0. The first-order chi connectivity index (χ1) is 14.6. The molecule has 4 aromatic carbocycles. The Morgan fingerprint density at radius 3 is 1.87 bits per heavy atom. The van der Waals surface area contributed by atoms with Crippen LogP contribution in [0.3, 0.4) is 0 Å². The second kappa shape index (κ2) is 5.49. The lowest BCUT2D eigenvalue weighted by Crippen LogP contribution is -2.68. The molecule has 146 valence electrons. The van der Waals surface area contributed by atoms with Crippen LogP contribution in [0.1, 0.15) is 18.1 Å². The lowest BCUT2D eigenvalue weighted by Gasteiger charge is -2.55. The molecule has 0 N–H and O–H groups in total. The van der Waals surface area contributed by atoms with Crippen molar-refractivity contribution in [1.82, 2.24) is 4.31 Å². The summed E-state index contributed by atoms with van der Waals surface area (Å²) in [5.41, 5.74) is 2.19. The van der Waals surface area contributed by atoms with Crippen LogP contribution in [-0.4, -0.2) is 14.4 Å². The van der Waals surface area contributed by atoms with E-state index < -0.39 is 19.9 Å². The molecule has 4 aromatic rings. The Labute approximate surface area is 184 Å². The molecule has 3 aliphatic rings. The molecule has 0 spiro atoms. The zero-order valence-corrected chi connectivity index (χ0v) is 18.4. The van der Waals surface area contributed by atoms with Crippen molar-refractivity contribution >= 4 is 62.0 Å². The first-order valence-electron chi connectivity index (χ1n) is 9.74. The molecule has 6 heteroatoms. The molecule has 0 saturated carbocycles. The van der Waals surface area contributed by atoms with Crippen LogP contribution >= 0.6 is 23.5 Å². The molecule has 1 amide bonds. The van der Waals surface area contributed by atoms with E-state index in [1.807, 2.05) is 24.3 Å². The number of carbonyl (C=O) groups is 1. The number of fused-ring (bicyclic) bond motifs is 4. The zero-order valence-electron chi connectivity index (χ0n) is 15.9. The van der Waals surface area contributed by atoms with Crippen LogP contribution in [-0.2, 0) is 24.7 Å². The summed E-state index contributed by atoms with van der Waals surface area (Å²) in [6, 6.07) is 25.3. The van der Waals surface area contributed by atoms with Crippen molar-refractivity contribution in [2.75, 3.05) is 0 Å². The number of thioether (sulfide) groups is 2. The average molecular weight is 446 g/mol. The van der Waals surface area contributed by atoms with Crippen LogP contribution in [0.25, 0.3) is 21.5 Å². The molecule has 0 aromatic heterocycles. The van der Waals surface area contributed by atoms with Crippen LogP contribution in [0.4, 0.5) is 0 Å². The Morgan fingerprint density at radius 1 is 0.800 bits per heavy atom. The molecule has 0 bridgehead atoms. The molecule has 3 nitrogen and oxygen atoms in total. The van der Waals surface area contributed by atoms with Crippen molar-refractivity contribution in [3.63, 3.8) is 0 Å². The molecule has 0 aliphatic carbocycles. The summed E-state index contributed by atoms with van der Waals surface area (Å²) in [4.78, 5) is 14.3. The fourth-order valence-corrected chi connectivity index (χ4v) is 11.7. The Balaban J connectivity index is 1.57. The van der Waals surface area contributed by atoms with Gasteiger partial charge in [-0.05, 0) is 45.8 Å². The van der Waals surface area contributed by atoms with Crippen LogP contribution < -0.4 is 0 Å². The van der Waals surface area contributed by atoms with E-state index in [9.17, 15) is 9.00 Å². The minimum Gasteiger partial charge on any atom is -0.274 e. The van der Waals surface area contributed by atoms with Gasteiger partial charge in [-0.25, -0.2) is 8.51 Å². The van der Waals surface area contributed by atoms with Crippen LogP contribution in [0.5, 0.6) is 0 Å². The van der Waals surface area contributed by atoms with Gasteiger partial charge in [-0.1, -0.05) is 72.1 Å². The van der Waals surface area contributed by atoms with Gasteiger partial charge >= 0.3 is 0 Å². The van der Waals surface area contributed by atoms with Gasteiger partial charge in [0.15, 0.2) is 8.95 Å². The highest BCUT2D eigenvalue weighted by atomic mass is 32.2. The van der Waals surface area contributed by atoms with Crippen molar-refractivity contribution < 1.29 is 9.00 Å². The summed E-state index contributed by atoms with van der Waals surface area (Å²) in [5, 5.41) is 4.62. The van der Waals surface area contributed by atoms with Crippen molar-refractivity contribution in [2.45, 2.75) is 25.7 Å². The zero-order chi connectivity index (χ0) is 20.3. The Kier molecular flexibility index (Phi) is 3.19. The molecule has 1 fully saturated rings. The van der Waals surface area contributed by atoms with E-state index in [1.165, 1.54) is 17.7 Å². The minimum atomic E-state index is -1.44. The predicted molar refractivity (Wildman–Crippen MR) is 124 cm³/mol. The Bertz CT molecular complexity index is 1480. The number of carbonyl (C=O) groups excluding carboxylic acids is 1. The summed E-state index contributed by atoms with van der Waals surface area (Å²) >= 11 is 3.37. The van der Waals surface area contributed by atoms with Crippen molar-refractivity contribution in [3.8, 4) is 0 Å². The highest BCUT2D eigenvalue weighted by Crippen LogP contribution is 2.82. The molecule has 3 heterocycles. The highest BCUT2D eigenvalue weighted by molar-refractivity contribution is 8.16. The standard InChI is InChI=1S/C24H15NO2S3/c1-14(26)25-23-19-10-15-6-2-4-8-17(15)12-21(19)29-24(23,30(25)27)20-11-16-7-3-5-9-18(16)13-22(20)28-23/h2-13H,1H3. The maximum atomic E-state index is 13.7. The first-order valence-corrected chi connectivity index (χ1v) is 12.5. The van der Waals surface area contributed by atoms with Crippen LogP contribution in [0.2, 0.25) is 0 Å². The molecule has 3 aliphatic heterocycles. The van der Waals surface area contributed by atoms with Gasteiger partial charge in [-0.15, -0.1) is 0 Å². The highest BCUT2D eigenvalue weighted by Gasteiger charge is 2.81. The first kappa shape index (κ1) is 17.4. The molecule has 1 saturated heterocycles. The van der Waals surface area contributed by atoms with Crippen molar-refractivity contribution in [1.29, 1.82) is 0 Å². The SMILES string of the molecule is CC(=O)N1S(=O)C23Sc4cc5ccccc5cc4C12Sc1cc2ccccc2cc13. The van der Waals surface area contributed by atoms with Gasteiger partial charge < -0.3 is 0 Å². The van der Waals surface area contributed by atoms with Gasteiger partial charge in [0.1, 0.15) is 11.0 Å².